The highest BCUT2D eigenvalue weighted by molar-refractivity contribution is 7.88. The highest BCUT2D eigenvalue weighted by Crippen LogP contribution is 2.26. The molecule has 2 atom stereocenters. The maximum Gasteiger partial charge on any atom is 0.209 e. The third-order valence-corrected chi connectivity index (χ3v) is 5.04. The summed E-state index contributed by atoms with van der Waals surface area (Å²) in [7, 11) is -3.15. The highest BCUT2D eigenvalue weighted by atomic mass is 32.2. The van der Waals surface area contributed by atoms with Gasteiger partial charge in [0.25, 0.3) is 0 Å². The molecular formula is C13H27N3O2S. The Morgan fingerprint density at radius 3 is 2.68 bits per heavy atom. The number of nitrogens with one attached hydrogen (secondary N) is 2. The number of rotatable bonds is 5. The van der Waals surface area contributed by atoms with Gasteiger partial charge >= 0.3 is 0 Å². The molecule has 5 nitrogen and oxygen atoms in total. The van der Waals surface area contributed by atoms with E-state index in [1.807, 2.05) is 13.8 Å². The zero-order valence-corrected chi connectivity index (χ0v) is 13.1. The van der Waals surface area contributed by atoms with Gasteiger partial charge in [-0.1, -0.05) is 0 Å². The van der Waals surface area contributed by atoms with Gasteiger partial charge in [-0.3, -0.25) is 0 Å². The molecule has 2 fully saturated rings. The van der Waals surface area contributed by atoms with Crippen molar-refractivity contribution in [3.63, 3.8) is 0 Å². The van der Waals surface area contributed by atoms with E-state index in [4.69, 9.17) is 0 Å². The van der Waals surface area contributed by atoms with Crippen LogP contribution in [-0.4, -0.2) is 56.8 Å². The van der Waals surface area contributed by atoms with Gasteiger partial charge in [0.05, 0.1) is 6.26 Å². The molecule has 0 aromatic heterocycles. The Morgan fingerprint density at radius 2 is 2.00 bits per heavy atom. The first-order valence-electron chi connectivity index (χ1n) is 7.22. The van der Waals surface area contributed by atoms with Crippen molar-refractivity contribution in [1.29, 1.82) is 0 Å². The molecule has 0 aromatic rings. The standard InChI is InChI=1S/C13H27N3O2S/c1-13(2,15-19(3,17)18)10-14-11-6-8-16-7-4-5-12(16)9-11/h11-12,14-15H,4-10H2,1-3H3. The van der Waals surface area contributed by atoms with Crippen molar-refractivity contribution < 1.29 is 8.42 Å². The van der Waals surface area contributed by atoms with E-state index in [1.165, 1.54) is 45.0 Å². The number of piperidine rings is 1. The van der Waals surface area contributed by atoms with E-state index in [0.29, 0.717) is 12.6 Å². The molecule has 112 valence electrons. The van der Waals surface area contributed by atoms with Crippen LogP contribution in [0.5, 0.6) is 0 Å². The van der Waals surface area contributed by atoms with Crippen LogP contribution in [0.15, 0.2) is 0 Å². The summed E-state index contributed by atoms with van der Waals surface area (Å²) in [6.07, 6.45) is 6.24. The third kappa shape index (κ3) is 4.70. The Bertz CT molecular complexity index is 408. The SMILES string of the molecule is CC(C)(CNC1CCN2CCCC2C1)NS(C)(=O)=O. The second-order valence-corrected chi connectivity index (χ2v) is 8.44. The topological polar surface area (TPSA) is 61.4 Å². The molecular weight excluding hydrogens is 262 g/mol. The van der Waals surface area contributed by atoms with E-state index in [9.17, 15) is 8.42 Å². The zero-order chi connectivity index (χ0) is 14.1. The second-order valence-electron chi connectivity index (χ2n) is 6.69. The number of hydrogen-bond acceptors (Lipinski definition) is 4. The van der Waals surface area contributed by atoms with Gasteiger partial charge < -0.3 is 10.2 Å². The Balaban J connectivity index is 1.79. The van der Waals surface area contributed by atoms with Crippen LogP contribution >= 0.6 is 0 Å². The van der Waals surface area contributed by atoms with Crippen LogP contribution in [0, 0.1) is 0 Å². The lowest BCUT2D eigenvalue weighted by atomic mass is 9.96. The minimum atomic E-state index is -3.15. The van der Waals surface area contributed by atoms with Crippen LogP contribution in [0.1, 0.15) is 39.5 Å². The fraction of sp³-hybridized carbons (Fsp3) is 1.00. The molecule has 2 unspecified atom stereocenters. The van der Waals surface area contributed by atoms with Crippen molar-refractivity contribution in [2.75, 3.05) is 25.9 Å². The lowest BCUT2D eigenvalue weighted by Crippen LogP contribution is -2.54. The molecule has 0 saturated carbocycles. The predicted octanol–water partition coefficient (Wildman–Crippen LogP) is 0.531. The van der Waals surface area contributed by atoms with Gasteiger partial charge in [-0.2, -0.15) is 0 Å². The summed E-state index contributed by atoms with van der Waals surface area (Å²) in [5.74, 6) is 0. The molecule has 2 aliphatic rings. The molecule has 2 N–H and O–H groups in total. The summed E-state index contributed by atoms with van der Waals surface area (Å²) in [5.41, 5.74) is -0.430. The number of nitrogens with zero attached hydrogens (tertiary/aromatic N) is 1. The van der Waals surface area contributed by atoms with Gasteiger partial charge in [-0.15, -0.1) is 0 Å². The van der Waals surface area contributed by atoms with Gasteiger partial charge in [0, 0.05) is 24.2 Å². The molecule has 2 aliphatic heterocycles. The maximum absolute atomic E-state index is 11.3. The summed E-state index contributed by atoms with van der Waals surface area (Å²) >= 11 is 0. The Hall–Kier alpha value is -0.170. The predicted molar refractivity (Wildman–Crippen MR) is 77.7 cm³/mol. The summed E-state index contributed by atoms with van der Waals surface area (Å²) < 4.78 is 25.3. The molecule has 2 saturated heterocycles. The number of sulfonamides is 1. The zero-order valence-electron chi connectivity index (χ0n) is 12.3. The lowest BCUT2D eigenvalue weighted by Gasteiger charge is -2.37. The van der Waals surface area contributed by atoms with Gasteiger partial charge in [0.2, 0.25) is 10.0 Å². The van der Waals surface area contributed by atoms with E-state index < -0.39 is 15.6 Å². The summed E-state index contributed by atoms with van der Waals surface area (Å²) in [6, 6.07) is 1.28. The fourth-order valence-electron chi connectivity index (χ4n) is 3.35. The molecule has 0 bridgehead atoms. The maximum atomic E-state index is 11.3. The molecule has 0 radical (unpaired) electrons. The Morgan fingerprint density at radius 1 is 1.26 bits per heavy atom. The van der Waals surface area contributed by atoms with Crippen molar-refractivity contribution in [3.05, 3.63) is 0 Å². The minimum absolute atomic E-state index is 0.430. The summed E-state index contributed by atoms with van der Waals surface area (Å²) in [5, 5.41) is 3.54. The monoisotopic (exact) mass is 289 g/mol. The number of fused-ring (bicyclic) bond motifs is 1. The fourth-order valence-corrected chi connectivity index (χ4v) is 4.42. The van der Waals surface area contributed by atoms with Crippen LogP contribution in [-0.2, 0) is 10.0 Å². The van der Waals surface area contributed by atoms with Crippen molar-refractivity contribution in [3.8, 4) is 0 Å². The molecule has 2 heterocycles. The van der Waals surface area contributed by atoms with Crippen LogP contribution in [0.25, 0.3) is 0 Å². The molecule has 6 heteroatoms. The molecule has 0 aliphatic carbocycles. The smallest absolute Gasteiger partial charge is 0.209 e. The van der Waals surface area contributed by atoms with E-state index in [1.54, 1.807) is 0 Å². The van der Waals surface area contributed by atoms with Gasteiger partial charge in [-0.25, -0.2) is 13.1 Å². The quantitative estimate of drug-likeness (QED) is 0.775. The average molecular weight is 289 g/mol. The normalized spacial score (nSPS) is 29.4. The van der Waals surface area contributed by atoms with Crippen LogP contribution in [0.2, 0.25) is 0 Å². The minimum Gasteiger partial charge on any atom is -0.312 e. The first-order valence-corrected chi connectivity index (χ1v) is 9.11. The Labute approximate surface area is 117 Å². The van der Waals surface area contributed by atoms with Crippen molar-refractivity contribution in [1.82, 2.24) is 14.9 Å². The Kier molecular flexibility index (Phi) is 4.55. The molecule has 0 amide bonds. The first-order chi connectivity index (χ1) is 8.75. The lowest BCUT2D eigenvalue weighted by molar-refractivity contribution is 0.163. The van der Waals surface area contributed by atoms with Crippen LogP contribution in [0.4, 0.5) is 0 Å². The van der Waals surface area contributed by atoms with Crippen molar-refractivity contribution in [2.24, 2.45) is 0 Å². The third-order valence-electron chi connectivity index (χ3n) is 4.11. The van der Waals surface area contributed by atoms with Crippen molar-refractivity contribution >= 4 is 10.0 Å². The summed E-state index contributed by atoms with van der Waals surface area (Å²) in [6.45, 7) is 6.97. The van der Waals surface area contributed by atoms with Gasteiger partial charge in [-0.05, 0) is 52.6 Å². The van der Waals surface area contributed by atoms with Gasteiger partial charge in [0.1, 0.15) is 0 Å². The number of hydrogen-bond donors (Lipinski definition) is 2. The summed E-state index contributed by atoms with van der Waals surface area (Å²) in [4.78, 5) is 2.60. The van der Waals surface area contributed by atoms with Crippen LogP contribution in [0.3, 0.4) is 0 Å². The van der Waals surface area contributed by atoms with Crippen molar-refractivity contribution in [2.45, 2.75) is 57.2 Å². The molecule has 0 aromatic carbocycles. The van der Waals surface area contributed by atoms with Gasteiger partial charge in [0.15, 0.2) is 0 Å². The average Bonchev–Trinajstić information content (AvgIpc) is 2.70. The van der Waals surface area contributed by atoms with Crippen LogP contribution < -0.4 is 10.0 Å². The molecule has 2 rings (SSSR count). The van der Waals surface area contributed by atoms with E-state index in [0.717, 1.165) is 6.04 Å². The highest BCUT2D eigenvalue weighted by Gasteiger charge is 2.32. The molecule has 0 spiro atoms. The van der Waals surface area contributed by atoms with E-state index >= 15 is 0 Å². The first kappa shape index (κ1) is 15.2. The largest absolute Gasteiger partial charge is 0.312 e. The molecule has 19 heavy (non-hydrogen) atoms. The second kappa shape index (κ2) is 5.68. The van der Waals surface area contributed by atoms with E-state index in [-0.39, 0.29) is 0 Å². The van der Waals surface area contributed by atoms with E-state index in [2.05, 4.69) is 14.9 Å².